The molecule has 0 atom stereocenters. The Hall–Kier alpha value is -2.90. The van der Waals surface area contributed by atoms with Crippen LogP contribution in [0, 0.1) is 0 Å². The van der Waals surface area contributed by atoms with Crippen LogP contribution in [0.25, 0.3) is 6.08 Å². The van der Waals surface area contributed by atoms with E-state index in [1.807, 2.05) is 6.07 Å². The number of benzene rings is 2. The van der Waals surface area contributed by atoms with Crippen molar-refractivity contribution in [3.63, 3.8) is 0 Å². The quantitative estimate of drug-likeness (QED) is 0.179. The molecule has 3 rings (SSSR count). The summed E-state index contributed by atoms with van der Waals surface area (Å²) in [5.74, 6) is -0.199. The number of carbonyl (C=O) groups is 2. The molecule has 1 saturated heterocycles. The van der Waals surface area contributed by atoms with E-state index in [2.05, 4.69) is 12.2 Å². The van der Waals surface area contributed by atoms with Gasteiger partial charge in [0.15, 0.2) is 16.6 Å². The number of ether oxygens (including phenoxy) is 2. The van der Waals surface area contributed by atoms with Gasteiger partial charge in [0, 0.05) is 0 Å². The second-order valence-electron chi connectivity index (χ2n) is 7.94. The topological polar surface area (TPSA) is 67.9 Å². The highest BCUT2D eigenvalue weighted by atomic mass is 35.5. The maximum atomic E-state index is 13.1. The molecule has 0 unspecified atom stereocenters. The molecular formula is C26H29ClN2O4S. The summed E-state index contributed by atoms with van der Waals surface area (Å²) >= 11 is 11.7. The molecule has 0 bridgehead atoms. The molecule has 0 aliphatic carbocycles. The molecular weight excluding hydrogens is 472 g/mol. The van der Waals surface area contributed by atoms with Crippen LogP contribution in [-0.2, 0) is 9.59 Å². The van der Waals surface area contributed by atoms with Crippen LogP contribution in [0.5, 0.6) is 11.5 Å². The van der Waals surface area contributed by atoms with E-state index in [1.54, 1.807) is 36.4 Å². The Morgan fingerprint density at radius 2 is 1.76 bits per heavy atom. The lowest BCUT2D eigenvalue weighted by Crippen LogP contribution is -2.54. The number of hydrogen-bond donors (Lipinski definition) is 1. The third-order valence-corrected chi connectivity index (χ3v) is 5.99. The Bertz CT molecular complexity index is 1070. The van der Waals surface area contributed by atoms with E-state index in [1.165, 1.54) is 43.8 Å². The fourth-order valence-corrected chi connectivity index (χ4v) is 4.21. The van der Waals surface area contributed by atoms with E-state index in [0.717, 1.165) is 12.8 Å². The van der Waals surface area contributed by atoms with Gasteiger partial charge in [-0.15, -0.1) is 0 Å². The summed E-state index contributed by atoms with van der Waals surface area (Å²) in [6, 6.07) is 12.2. The average molecular weight is 501 g/mol. The normalized spacial score (nSPS) is 15.0. The summed E-state index contributed by atoms with van der Waals surface area (Å²) in [6.45, 7) is 2.73. The first-order valence-corrected chi connectivity index (χ1v) is 12.2. The predicted molar refractivity (Wildman–Crippen MR) is 140 cm³/mol. The molecule has 1 aliphatic heterocycles. The second kappa shape index (κ2) is 12.5. The molecule has 0 aromatic heterocycles. The van der Waals surface area contributed by atoms with E-state index in [-0.39, 0.29) is 10.7 Å². The number of amides is 2. The number of halogens is 1. The molecule has 1 N–H and O–H groups in total. The average Bonchev–Trinajstić information content (AvgIpc) is 2.82. The SMILES string of the molecule is CCCCCCCCOc1c(Cl)cc(/C=C2/C(=O)NC(=S)N(c3ccccc3)C2=O)cc1OC. The number of carbonyl (C=O) groups excluding carboxylic acids is 2. The lowest BCUT2D eigenvalue weighted by atomic mass is 10.1. The molecule has 1 aliphatic rings. The van der Waals surface area contributed by atoms with E-state index in [0.29, 0.717) is 34.4 Å². The van der Waals surface area contributed by atoms with Crippen molar-refractivity contribution in [2.75, 3.05) is 18.6 Å². The summed E-state index contributed by atoms with van der Waals surface area (Å²) in [5, 5.41) is 2.95. The van der Waals surface area contributed by atoms with Crippen molar-refractivity contribution in [2.45, 2.75) is 45.4 Å². The number of anilines is 1. The highest BCUT2D eigenvalue weighted by Gasteiger charge is 2.34. The number of methoxy groups -OCH3 is 1. The Labute approximate surface area is 210 Å². The van der Waals surface area contributed by atoms with Crippen molar-refractivity contribution in [2.24, 2.45) is 0 Å². The first-order valence-electron chi connectivity index (χ1n) is 11.4. The Balaban J connectivity index is 1.78. The lowest BCUT2D eigenvalue weighted by Gasteiger charge is -2.28. The number of nitrogens with zero attached hydrogens (tertiary/aromatic N) is 1. The van der Waals surface area contributed by atoms with E-state index in [9.17, 15) is 9.59 Å². The fourth-order valence-electron chi connectivity index (χ4n) is 3.66. The van der Waals surface area contributed by atoms with Gasteiger partial charge >= 0.3 is 0 Å². The van der Waals surface area contributed by atoms with Crippen molar-refractivity contribution in [1.82, 2.24) is 5.32 Å². The maximum absolute atomic E-state index is 13.1. The summed E-state index contributed by atoms with van der Waals surface area (Å²) in [6.07, 6.45) is 8.40. The molecule has 0 saturated carbocycles. The molecule has 0 radical (unpaired) electrons. The molecule has 0 spiro atoms. The lowest BCUT2D eigenvalue weighted by molar-refractivity contribution is -0.122. The Kier molecular flexibility index (Phi) is 9.48. The highest BCUT2D eigenvalue weighted by molar-refractivity contribution is 7.80. The van der Waals surface area contributed by atoms with Gasteiger partial charge in [-0.05, 0) is 54.5 Å². The predicted octanol–water partition coefficient (Wildman–Crippen LogP) is 5.92. The van der Waals surface area contributed by atoms with Crippen LogP contribution >= 0.6 is 23.8 Å². The summed E-state index contributed by atoms with van der Waals surface area (Å²) in [7, 11) is 1.52. The largest absolute Gasteiger partial charge is 0.493 e. The minimum atomic E-state index is -0.569. The third kappa shape index (κ3) is 6.36. The zero-order chi connectivity index (χ0) is 24.5. The highest BCUT2D eigenvalue weighted by Crippen LogP contribution is 2.37. The molecule has 6 nitrogen and oxygen atoms in total. The van der Waals surface area contributed by atoms with Gasteiger partial charge < -0.3 is 9.47 Å². The standard InChI is InChI=1S/C26H29ClN2O4S/c1-3-4-5-6-7-11-14-33-23-21(27)16-18(17-22(23)32-2)15-20-24(30)28-26(34)29(25(20)31)19-12-9-8-10-13-19/h8-10,12-13,15-17H,3-7,11,14H2,1-2H3,(H,28,30,34)/b20-15-. The van der Waals surface area contributed by atoms with Gasteiger partial charge in [-0.1, -0.05) is 68.8 Å². The van der Waals surface area contributed by atoms with E-state index >= 15 is 0 Å². The molecule has 180 valence electrons. The summed E-state index contributed by atoms with van der Waals surface area (Å²) in [5.41, 5.74) is 1.04. The van der Waals surface area contributed by atoms with Crippen LogP contribution in [0.2, 0.25) is 5.02 Å². The van der Waals surface area contributed by atoms with Gasteiger partial charge in [-0.3, -0.25) is 19.8 Å². The fraction of sp³-hybridized carbons (Fsp3) is 0.346. The van der Waals surface area contributed by atoms with Crippen LogP contribution in [0.1, 0.15) is 51.0 Å². The van der Waals surface area contributed by atoms with Crippen molar-refractivity contribution >= 4 is 52.5 Å². The van der Waals surface area contributed by atoms with Gasteiger partial charge in [-0.25, -0.2) is 0 Å². The zero-order valence-corrected chi connectivity index (χ0v) is 21.0. The summed E-state index contributed by atoms with van der Waals surface area (Å²) < 4.78 is 11.4. The first kappa shape index (κ1) is 25.7. The Morgan fingerprint density at radius 3 is 2.47 bits per heavy atom. The molecule has 34 heavy (non-hydrogen) atoms. The number of rotatable bonds is 11. The van der Waals surface area contributed by atoms with Crippen molar-refractivity contribution < 1.29 is 19.1 Å². The van der Waals surface area contributed by atoms with Gasteiger partial charge in [0.25, 0.3) is 11.8 Å². The minimum absolute atomic E-state index is 0.0346. The molecule has 8 heteroatoms. The van der Waals surface area contributed by atoms with Gasteiger partial charge in [0.2, 0.25) is 0 Å². The number of unbranched alkanes of at least 4 members (excludes halogenated alkanes) is 5. The second-order valence-corrected chi connectivity index (χ2v) is 8.74. The zero-order valence-electron chi connectivity index (χ0n) is 19.4. The smallest absolute Gasteiger partial charge is 0.270 e. The van der Waals surface area contributed by atoms with Crippen molar-refractivity contribution in [3.8, 4) is 11.5 Å². The van der Waals surface area contributed by atoms with Gasteiger partial charge in [0.05, 0.1) is 24.4 Å². The summed E-state index contributed by atoms with van der Waals surface area (Å²) in [4.78, 5) is 27.0. The maximum Gasteiger partial charge on any atom is 0.270 e. The van der Waals surface area contributed by atoms with Crippen molar-refractivity contribution in [3.05, 3.63) is 58.6 Å². The molecule has 2 amide bonds. The van der Waals surface area contributed by atoms with Crippen LogP contribution in [-0.4, -0.2) is 30.6 Å². The van der Waals surface area contributed by atoms with Crippen LogP contribution < -0.4 is 19.7 Å². The van der Waals surface area contributed by atoms with Crippen LogP contribution in [0.3, 0.4) is 0 Å². The minimum Gasteiger partial charge on any atom is -0.493 e. The van der Waals surface area contributed by atoms with Gasteiger partial charge in [-0.2, -0.15) is 0 Å². The van der Waals surface area contributed by atoms with E-state index in [4.69, 9.17) is 33.3 Å². The number of para-hydroxylation sites is 1. The van der Waals surface area contributed by atoms with E-state index < -0.39 is 11.8 Å². The monoisotopic (exact) mass is 500 g/mol. The number of thiocarbonyl (C=S) groups is 1. The number of nitrogens with one attached hydrogen (secondary N) is 1. The molecule has 1 heterocycles. The first-order chi connectivity index (χ1) is 16.5. The van der Waals surface area contributed by atoms with Crippen LogP contribution in [0.15, 0.2) is 48.0 Å². The van der Waals surface area contributed by atoms with Crippen LogP contribution in [0.4, 0.5) is 5.69 Å². The molecule has 2 aromatic carbocycles. The number of hydrogen-bond acceptors (Lipinski definition) is 5. The third-order valence-electron chi connectivity index (χ3n) is 5.42. The molecule has 2 aromatic rings. The van der Waals surface area contributed by atoms with Crippen molar-refractivity contribution in [1.29, 1.82) is 0 Å². The van der Waals surface area contributed by atoms with Gasteiger partial charge in [0.1, 0.15) is 5.57 Å². The Morgan fingerprint density at radius 1 is 1.06 bits per heavy atom. The molecule has 1 fully saturated rings.